The highest BCUT2D eigenvalue weighted by molar-refractivity contribution is 6.05. The number of carbonyl (C=O) groups excluding carboxylic acids is 1. The first kappa shape index (κ1) is 13.6. The van der Waals surface area contributed by atoms with E-state index >= 15 is 0 Å². The smallest absolute Gasteiger partial charge is 0.258 e. The fourth-order valence-electron chi connectivity index (χ4n) is 1.80. The Kier molecular flexibility index (Phi) is 3.99. The van der Waals surface area contributed by atoms with E-state index in [2.05, 4.69) is 11.5 Å². The van der Waals surface area contributed by atoms with Crippen LogP contribution in [0.5, 0.6) is 0 Å². The molecule has 3 N–H and O–H groups in total. The molecule has 2 rings (SSSR count). The zero-order valence-corrected chi connectivity index (χ0v) is 11.0. The van der Waals surface area contributed by atoms with Gasteiger partial charge in [0.25, 0.3) is 5.91 Å². The molecule has 0 fully saturated rings. The van der Waals surface area contributed by atoms with E-state index in [0.29, 0.717) is 16.8 Å². The number of carbonyl (C=O) groups is 1. The maximum Gasteiger partial charge on any atom is 0.258 e. The molecule has 0 aliphatic heterocycles. The number of hydrogen-bond acceptors (Lipinski definition) is 4. The van der Waals surface area contributed by atoms with Crippen molar-refractivity contribution in [3.8, 4) is 6.07 Å². The predicted octanol–water partition coefficient (Wildman–Crippen LogP) is 2.12. The summed E-state index contributed by atoms with van der Waals surface area (Å²) in [6.45, 7) is 0. The highest BCUT2D eigenvalue weighted by Gasteiger charge is 2.13. The van der Waals surface area contributed by atoms with Crippen LogP contribution in [0.15, 0.2) is 48.5 Å². The van der Waals surface area contributed by atoms with E-state index in [0.717, 1.165) is 5.69 Å². The summed E-state index contributed by atoms with van der Waals surface area (Å²) >= 11 is 0. The van der Waals surface area contributed by atoms with Crippen LogP contribution in [0.1, 0.15) is 15.9 Å². The summed E-state index contributed by atoms with van der Waals surface area (Å²) < 4.78 is 0. The molecular formula is C15H14N4O. The quantitative estimate of drug-likeness (QED) is 0.658. The Hall–Kier alpha value is -2.84. The number of nitriles is 1. The number of hydrazine groups is 1. The van der Waals surface area contributed by atoms with Gasteiger partial charge in [0.15, 0.2) is 0 Å². The van der Waals surface area contributed by atoms with Crippen molar-refractivity contribution in [2.45, 2.75) is 0 Å². The molecule has 0 aliphatic rings. The second kappa shape index (κ2) is 5.87. The Balaban J connectivity index is 2.25. The molecule has 0 unspecified atom stereocenters. The Morgan fingerprint density at radius 2 is 1.95 bits per heavy atom. The van der Waals surface area contributed by atoms with Crippen molar-refractivity contribution in [3.63, 3.8) is 0 Å². The molecule has 0 aromatic heterocycles. The largest absolute Gasteiger partial charge is 0.324 e. The Morgan fingerprint density at radius 1 is 1.25 bits per heavy atom. The van der Waals surface area contributed by atoms with Gasteiger partial charge in [0.1, 0.15) is 0 Å². The molecule has 100 valence electrons. The van der Waals surface area contributed by atoms with Crippen LogP contribution in [0.4, 0.5) is 11.4 Å². The van der Waals surface area contributed by atoms with Gasteiger partial charge in [0.05, 0.1) is 11.6 Å². The lowest BCUT2D eigenvalue weighted by Crippen LogP contribution is -2.26. The van der Waals surface area contributed by atoms with Crippen LogP contribution in [-0.2, 0) is 0 Å². The molecular weight excluding hydrogens is 252 g/mol. The van der Waals surface area contributed by atoms with E-state index in [1.54, 1.807) is 55.6 Å². The van der Waals surface area contributed by atoms with Gasteiger partial charge in [-0.25, -0.2) is 0 Å². The monoisotopic (exact) mass is 266 g/mol. The van der Waals surface area contributed by atoms with E-state index in [9.17, 15) is 4.79 Å². The maximum absolute atomic E-state index is 12.3. The number of benzene rings is 2. The first-order valence-corrected chi connectivity index (χ1v) is 6.00. The van der Waals surface area contributed by atoms with Gasteiger partial charge in [-0.3, -0.25) is 10.6 Å². The highest BCUT2D eigenvalue weighted by Crippen LogP contribution is 2.18. The molecule has 0 saturated heterocycles. The van der Waals surface area contributed by atoms with Gasteiger partial charge < -0.3 is 10.3 Å². The molecule has 0 atom stereocenters. The van der Waals surface area contributed by atoms with Crippen LogP contribution in [0.3, 0.4) is 0 Å². The SMILES string of the molecule is CN(C(=O)c1ccc(NN)cc1)c1cccc(C#N)c1. The van der Waals surface area contributed by atoms with Crippen molar-refractivity contribution in [1.29, 1.82) is 5.26 Å². The lowest BCUT2D eigenvalue weighted by molar-refractivity contribution is 0.0993. The van der Waals surface area contributed by atoms with E-state index in [4.69, 9.17) is 11.1 Å². The lowest BCUT2D eigenvalue weighted by atomic mass is 10.1. The fraction of sp³-hybridized carbons (Fsp3) is 0.0667. The molecule has 0 radical (unpaired) electrons. The molecule has 1 amide bonds. The average Bonchev–Trinajstić information content (AvgIpc) is 2.53. The Labute approximate surface area is 117 Å². The topological polar surface area (TPSA) is 82.2 Å². The minimum Gasteiger partial charge on any atom is -0.324 e. The van der Waals surface area contributed by atoms with E-state index < -0.39 is 0 Å². The molecule has 20 heavy (non-hydrogen) atoms. The molecule has 0 saturated carbocycles. The average molecular weight is 266 g/mol. The van der Waals surface area contributed by atoms with Crippen LogP contribution >= 0.6 is 0 Å². The van der Waals surface area contributed by atoms with Crippen molar-refractivity contribution in [2.24, 2.45) is 5.84 Å². The van der Waals surface area contributed by atoms with Crippen LogP contribution in [0, 0.1) is 11.3 Å². The van der Waals surface area contributed by atoms with Gasteiger partial charge in [-0.2, -0.15) is 5.26 Å². The second-order valence-corrected chi connectivity index (χ2v) is 4.25. The summed E-state index contributed by atoms with van der Waals surface area (Å²) in [6, 6.07) is 15.8. The van der Waals surface area contributed by atoms with Crippen LogP contribution in [0.2, 0.25) is 0 Å². The summed E-state index contributed by atoms with van der Waals surface area (Å²) in [5.41, 5.74) is 4.98. The third-order valence-corrected chi connectivity index (χ3v) is 2.97. The maximum atomic E-state index is 12.3. The molecule has 2 aromatic carbocycles. The van der Waals surface area contributed by atoms with Gasteiger partial charge in [-0.05, 0) is 42.5 Å². The summed E-state index contributed by atoms with van der Waals surface area (Å²) in [5.74, 6) is 5.13. The van der Waals surface area contributed by atoms with Crippen LogP contribution in [-0.4, -0.2) is 13.0 Å². The zero-order chi connectivity index (χ0) is 14.5. The molecule has 0 aliphatic carbocycles. The third-order valence-electron chi connectivity index (χ3n) is 2.97. The first-order chi connectivity index (χ1) is 9.65. The number of amides is 1. The van der Waals surface area contributed by atoms with Gasteiger partial charge >= 0.3 is 0 Å². The van der Waals surface area contributed by atoms with Crippen molar-refractivity contribution in [1.82, 2.24) is 0 Å². The van der Waals surface area contributed by atoms with Gasteiger partial charge in [-0.15, -0.1) is 0 Å². The second-order valence-electron chi connectivity index (χ2n) is 4.25. The van der Waals surface area contributed by atoms with Crippen LogP contribution in [0.25, 0.3) is 0 Å². The van der Waals surface area contributed by atoms with Crippen molar-refractivity contribution >= 4 is 17.3 Å². The predicted molar refractivity (Wildman–Crippen MR) is 78.1 cm³/mol. The van der Waals surface area contributed by atoms with Crippen molar-refractivity contribution < 1.29 is 4.79 Å². The van der Waals surface area contributed by atoms with Crippen molar-refractivity contribution in [2.75, 3.05) is 17.4 Å². The number of nitrogens with two attached hydrogens (primary N) is 1. The number of nitrogens with one attached hydrogen (secondary N) is 1. The minimum atomic E-state index is -0.149. The van der Waals surface area contributed by atoms with Crippen molar-refractivity contribution in [3.05, 3.63) is 59.7 Å². The van der Waals surface area contributed by atoms with E-state index in [1.807, 2.05) is 0 Å². The highest BCUT2D eigenvalue weighted by atomic mass is 16.2. The zero-order valence-electron chi connectivity index (χ0n) is 11.0. The molecule has 0 bridgehead atoms. The summed E-state index contributed by atoms with van der Waals surface area (Å²) in [4.78, 5) is 13.8. The van der Waals surface area contributed by atoms with Gasteiger partial charge in [0.2, 0.25) is 0 Å². The number of hydrogen-bond donors (Lipinski definition) is 2. The molecule has 2 aromatic rings. The third kappa shape index (κ3) is 2.76. The number of rotatable bonds is 3. The number of nitrogen functional groups attached to an aromatic ring is 1. The summed E-state index contributed by atoms with van der Waals surface area (Å²) in [6.07, 6.45) is 0. The van der Waals surface area contributed by atoms with Gasteiger partial charge in [-0.1, -0.05) is 6.07 Å². The normalized spacial score (nSPS) is 9.65. The number of nitrogens with zero attached hydrogens (tertiary/aromatic N) is 2. The molecule has 0 heterocycles. The fourth-order valence-corrected chi connectivity index (χ4v) is 1.80. The summed E-state index contributed by atoms with van der Waals surface area (Å²) in [5, 5.41) is 8.88. The molecule has 0 spiro atoms. The molecule has 5 nitrogen and oxygen atoms in total. The summed E-state index contributed by atoms with van der Waals surface area (Å²) in [7, 11) is 1.67. The first-order valence-electron chi connectivity index (χ1n) is 6.00. The van der Waals surface area contributed by atoms with Crippen LogP contribution < -0.4 is 16.2 Å². The van der Waals surface area contributed by atoms with E-state index in [1.165, 1.54) is 4.90 Å². The number of anilines is 2. The van der Waals surface area contributed by atoms with E-state index in [-0.39, 0.29) is 5.91 Å². The molecule has 5 heteroatoms. The minimum absolute atomic E-state index is 0.149. The lowest BCUT2D eigenvalue weighted by Gasteiger charge is -2.17. The van der Waals surface area contributed by atoms with Gasteiger partial charge in [0, 0.05) is 24.0 Å². The standard InChI is InChI=1S/C15H14N4O/c1-19(14-4-2-3-11(9-14)10-16)15(20)12-5-7-13(18-17)8-6-12/h2-9,18H,17H2,1H3. The Morgan fingerprint density at radius 3 is 2.55 bits per heavy atom. The Bertz CT molecular complexity index is 658.